The van der Waals surface area contributed by atoms with Crippen molar-refractivity contribution in [3.63, 3.8) is 0 Å². The van der Waals surface area contributed by atoms with Crippen molar-refractivity contribution >= 4 is 9.84 Å². The molecule has 0 N–H and O–H groups in total. The van der Waals surface area contributed by atoms with Crippen LogP contribution >= 0.6 is 0 Å². The van der Waals surface area contributed by atoms with Crippen LogP contribution in [0.5, 0.6) is 0 Å². The van der Waals surface area contributed by atoms with Crippen LogP contribution in [-0.2, 0) is 14.6 Å². The van der Waals surface area contributed by atoms with Crippen molar-refractivity contribution in [3.8, 4) is 6.07 Å². The topological polar surface area (TPSA) is 67.2 Å². The number of ether oxygens (including phenoxy) is 1. The number of nitriles is 1. The Kier molecular flexibility index (Phi) is 3.42. The molecule has 1 aliphatic carbocycles. The standard InChI is InChI=1S/C13H15NO3S/c1-2-17-10-13(9-14)8-12(13)18(15,16)11-6-4-3-5-7-11/h3-7,12H,2,8,10H2,1H3. The largest absolute Gasteiger partial charge is 0.380 e. The third-order valence-electron chi connectivity index (χ3n) is 3.24. The Hall–Kier alpha value is -1.38. The highest BCUT2D eigenvalue weighted by molar-refractivity contribution is 7.92. The molecule has 1 aromatic rings. The average Bonchev–Trinajstić information content (AvgIpc) is 3.14. The molecule has 0 amide bonds. The van der Waals surface area contributed by atoms with Gasteiger partial charge >= 0.3 is 0 Å². The van der Waals surface area contributed by atoms with Crippen molar-refractivity contribution in [1.82, 2.24) is 0 Å². The Morgan fingerprint density at radius 3 is 2.67 bits per heavy atom. The maximum absolute atomic E-state index is 12.3. The molecule has 0 spiro atoms. The van der Waals surface area contributed by atoms with Gasteiger partial charge in [0, 0.05) is 6.61 Å². The van der Waals surface area contributed by atoms with E-state index in [0.29, 0.717) is 13.0 Å². The summed E-state index contributed by atoms with van der Waals surface area (Å²) >= 11 is 0. The molecule has 4 nitrogen and oxygen atoms in total. The van der Waals surface area contributed by atoms with Crippen molar-refractivity contribution in [2.75, 3.05) is 13.2 Å². The van der Waals surface area contributed by atoms with Gasteiger partial charge in [0.1, 0.15) is 0 Å². The number of nitrogens with zero attached hydrogens (tertiary/aromatic N) is 1. The van der Waals surface area contributed by atoms with E-state index in [1.165, 1.54) is 0 Å². The van der Waals surface area contributed by atoms with Gasteiger partial charge < -0.3 is 4.74 Å². The molecule has 0 bridgehead atoms. The number of benzene rings is 1. The number of hydrogen-bond donors (Lipinski definition) is 0. The minimum absolute atomic E-state index is 0.191. The summed E-state index contributed by atoms with van der Waals surface area (Å²) in [6.45, 7) is 2.51. The summed E-state index contributed by atoms with van der Waals surface area (Å²) in [5.74, 6) is 0. The Balaban J connectivity index is 2.23. The summed E-state index contributed by atoms with van der Waals surface area (Å²) < 4.78 is 29.9. The second-order valence-electron chi connectivity index (χ2n) is 4.46. The number of rotatable bonds is 5. The predicted octanol–water partition coefficient (Wildman–Crippen LogP) is 1.78. The molecule has 1 fully saturated rings. The molecular formula is C13H15NO3S. The third-order valence-corrected chi connectivity index (χ3v) is 5.53. The van der Waals surface area contributed by atoms with E-state index >= 15 is 0 Å². The molecule has 96 valence electrons. The summed E-state index contributed by atoms with van der Waals surface area (Å²) in [4.78, 5) is 0.281. The quantitative estimate of drug-likeness (QED) is 0.814. The van der Waals surface area contributed by atoms with Crippen LogP contribution in [0.2, 0.25) is 0 Å². The minimum Gasteiger partial charge on any atom is -0.380 e. The SMILES string of the molecule is CCOCC1(C#N)CC1S(=O)(=O)c1ccccc1. The monoisotopic (exact) mass is 265 g/mol. The lowest BCUT2D eigenvalue weighted by atomic mass is 10.1. The summed E-state index contributed by atoms with van der Waals surface area (Å²) in [6, 6.07) is 10.4. The van der Waals surface area contributed by atoms with Crippen molar-refractivity contribution in [2.45, 2.75) is 23.5 Å². The highest BCUT2D eigenvalue weighted by Crippen LogP contribution is 2.52. The van der Waals surface area contributed by atoms with Crippen molar-refractivity contribution in [2.24, 2.45) is 5.41 Å². The Morgan fingerprint density at radius 1 is 1.44 bits per heavy atom. The molecule has 5 heteroatoms. The van der Waals surface area contributed by atoms with E-state index < -0.39 is 20.5 Å². The summed E-state index contributed by atoms with van der Waals surface area (Å²) in [5.41, 5.74) is -0.856. The third kappa shape index (κ3) is 2.14. The van der Waals surface area contributed by atoms with Crippen molar-refractivity contribution in [1.29, 1.82) is 5.26 Å². The summed E-state index contributed by atoms with van der Waals surface area (Å²) in [6.07, 6.45) is 0.362. The molecule has 2 unspecified atom stereocenters. The van der Waals surface area contributed by atoms with E-state index in [4.69, 9.17) is 10.00 Å². The lowest BCUT2D eigenvalue weighted by molar-refractivity contribution is 0.119. The molecule has 2 rings (SSSR count). The Labute approximate surface area is 107 Å². The zero-order valence-corrected chi connectivity index (χ0v) is 11.0. The van der Waals surface area contributed by atoms with E-state index in [9.17, 15) is 8.42 Å². The van der Waals surface area contributed by atoms with E-state index in [1.807, 2.05) is 6.92 Å². The molecule has 1 saturated carbocycles. The smallest absolute Gasteiger partial charge is 0.182 e. The molecule has 1 aromatic carbocycles. The summed E-state index contributed by atoms with van der Waals surface area (Å²) in [5, 5.41) is 8.53. The second-order valence-corrected chi connectivity index (χ2v) is 6.59. The van der Waals surface area contributed by atoms with E-state index in [0.717, 1.165) is 0 Å². The van der Waals surface area contributed by atoms with Crippen LogP contribution in [0.3, 0.4) is 0 Å². The molecule has 1 aliphatic rings. The summed E-state index contributed by atoms with van der Waals surface area (Å²) in [7, 11) is -3.42. The maximum atomic E-state index is 12.3. The van der Waals surface area contributed by atoms with Crippen LogP contribution in [0.25, 0.3) is 0 Å². The lowest BCUT2D eigenvalue weighted by Crippen LogP contribution is -2.19. The van der Waals surface area contributed by atoms with Crippen molar-refractivity contribution < 1.29 is 13.2 Å². The molecule has 0 radical (unpaired) electrons. The van der Waals surface area contributed by atoms with Gasteiger partial charge in [-0.05, 0) is 25.5 Å². The van der Waals surface area contributed by atoms with Gasteiger partial charge in [0.15, 0.2) is 9.84 Å². The van der Waals surface area contributed by atoms with Crippen LogP contribution in [0.15, 0.2) is 35.2 Å². The molecular weight excluding hydrogens is 250 g/mol. The maximum Gasteiger partial charge on any atom is 0.182 e. The van der Waals surface area contributed by atoms with E-state index in [-0.39, 0.29) is 11.5 Å². The van der Waals surface area contributed by atoms with Gasteiger partial charge in [0.25, 0.3) is 0 Å². The van der Waals surface area contributed by atoms with Gasteiger partial charge in [-0.2, -0.15) is 5.26 Å². The fourth-order valence-electron chi connectivity index (χ4n) is 2.04. The lowest BCUT2D eigenvalue weighted by Gasteiger charge is -2.09. The first kappa shape index (κ1) is 13.1. The first-order valence-corrected chi connectivity index (χ1v) is 7.39. The van der Waals surface area contributed by atoms with Crippen molar-refractivity contribution in [3.05, 3.63) is 30.3 Å². The average molecular weight is 265 g/mol. The Bertz CT molecular complexity index is 562. The van der Waals surface area contributed by atoms with E-state index in [2.05, 4.69) is 6.07 Å². The number of sulfone groups is 1. The van der Waals surface area contributed by atoms with Crippen LogP contribution in [0.4, 0.5) is 0 Å². The molecule has 0 aromatic heterocycles. The van der Waals surface area contributed by atoms with Gasteiger partial charge in [0.05, 0.1) is 28.2 Å². The van der Waals surface area contributed by atoms with Gasteiger partial charge in [-0.3, -0.25) is 0 Å². The van der Waals surface area contributed by atoms with Crippen LogP contribution in [-0.4, -0.2) is 26.9 Å². The van der Waals surface area contributed by atoms with Gasteiger partial charge in [-0.15, -0.1) is 0 Å². The minimum atomic E-state index is -3.42. The van der Waals surface area contributed by atoms with Gasteiger partial charge in [-0.1, -0.05) is 18.2 Å². The molecule has 0 heterocycles. The van der Waals surface area contributed by atoms with Gasteiger partial charge in [-0.25, -0.2) is 8.42 Å². The molecule has 18 heavy (non-hydrogen) atoms. The molecule has 0 aliphatic heterocycles. The molecule has 0 saturated heterocycles. The zero-order chi connectivity index (χ0) is 13.2. The normalized spacial score (nSPS) is 26.6. The van der Waals surface area contributed by atoms with Gasteiger partial charge in [0.2, 0.25) is 0 Å². The first-order valence-electron chi connectivity index (χ1n) is 5.85. The first-order chi connectivity index (χ1) is 8.57. The zero-order valence-electron chi connectivity index (χ0n) is 10.2. The van der Waals surface area contributed by atoms with Crippen LogP contribution in [0, 0.1) is 16.7 Å². The molecule has 2 atom stereocenters. The fourth-order valence-corrected chi connectivity index (χ4v) is 4.14. The number of hydrogen-bond acceptors (Lipinski definition) is 4. The second kappa shape index (κ2) is 4.71. The fraction of sp³-hybridized carbons (Fsp3) is 0.462. The predicted molar refractivity (Wildman–Crippen MR) is 66.6 cm³/mol. The van der Waals surface area contributed by atoms with E-state index in [1.54, 1.807) is 30.3 Å². The highest BCUT2D eigenvalue weighted by atomic mass is 32.2. The highest BCUT2D eigenvalue weighted by Gasteiger charge is 2.62. The van der Waals surface area contributed by atoms with Crippen LogP contribution in [0.1, 0.15) is 13.3 Å². The Morgan fingerprint density at radius 2 is 2.11 bits per heavy atom. The van der Waals surface area contributed by atoms with Crippen LogP contribution < -0.4 is 0 Å².